The van der Waals surface area contributed by atoms with Crippen molar-refractivity contribution >= 4 is 0 Å². The summed E-state index contributed by atoms with van der Waals surface area (Å²) in [6.45, 7) is 3.81. The second-order valence-electron chi connectivity index (χ2n) is 4.75. The smallest absolute Gasteiger partial charge is 0.217 e. The first-order chi connectivity index (χ1) is 8.93. The van der Waals surface area contributed by atoms with E-state index in [1.807, 2.05) is 27.0 Å². The molecule has 19 heavy (non-hydrogen) atoms. The molecule has 0 saturated heterocycles. The highest BCUT2D eigenvalue weighted by molar-refractivity contribution is 5.34. The molecule has 6 heteroatoms. The van der Waals surface area contributed by atoms with Gasteiger partial charge in [-0.1, -0.05) is 0 Å². The van der Waals surface area contributed by atoms with Gasteiger partial charge in [-0.15, -0.1) is 0 Å². The number of aryl methyl sites for hydroxylation is 4. The monoisotopic (exact) mass is 264 g/mol. The Bertz CT molecular complexity index is 586. The van der Waals surface area contributed by atoms with Crippen molar-refractivity contribution in [2.24, 2.45) is 14.1 Å². The summed E-state index contributed by atoms with van der Waals surface area (Å²) < 4.78 is 8.74. The fourth-order valence-corrected chi connectivity index (χ4v) is 2.43. The zero-order valence-electron chi connectivity index (χ0n) is 12.0. The molecule has 2 rings (SSSR count). The second kappa shape index (κ2) is 5.05. The average molecular weight is 264 g/mol. The van der Waals surface area contributed by atoms with Gasteiger partial charge >= 0.3 is 0 Å². The van der Waals surface area contributed by atoms with E-state index >= 15 is 0 Å². The van der Waals surface area contributed by atoms with Crippen molar-refractivity contribution < 1.29 is 9.84 Å². The Hall–Kier alpha value is -1.82. The van der Waals surface area contributed by atoms with Gasteiger partial charge in [0.2, 0.25) is 5.88 Å². The van der Waals surface area contributed by atoms with Gasteiger partial charge in [-0.3, -0.25) is 4.68 Å². The van der Waals surface area contributed by atoms with Crippen LogP contribution in [0.1, 0.15) is 28.7 Å². The van der Waals surface area contributed by atoms with Crippen molar-refractivity contribution in [3.63, 3.8) is 0 Å². The van der Waals surface area contributed by atoms with E-state index < -0.39 is 6.10 Å². The van der Waals surface area contributed by atoms with Crippen LogP contribution in [0.15, 0.2) is 6.07 Å². The number of aliphatic hydroxyl groups is 1. The highest BCUT2D eigenvalue weighted by atomic mass is 16.5. The molecule has 0 aliphatic carbocycles. The van der Waals surface area contributed by atoms with E-state index in [9.17, 15) is 5.11 Å². The van der Waals surface area contributed by atoms with Crippen LogP contribution >= 0.6 is 0 Å². The lowest BCUT2D eigenvalue weighted by molar-refractivity contribution is 0.170. The molecule has 1 atom stereocenters. The van der Waals surface area contributed by atoms with Gasteiger partial charge in [0.25, 0.3) is 0 Å². The summed E-state index contributed by atoms with van der Waals surface area (Å²) in [5.74, 6) is 0.601. The molecule has 1 unspecified atom stereocenters. The quantitative estimate of drug-likeness (QED) is 0.896. The average Bonchev–Trinajstić information content (AvgIpc) is 2.78. The van der Waals surface area contributed by atoms with Gasteiger partial charge < -0.3 is 9.84 Å². The molecule has 0 aliphatic heterocycles. The molecule has 0 saturated carbocycles. The topological polar surface area (TPSA) is 65.1 Å². The van der Waals surface area contributed by atoms with Crippen LogP contribution in [0.5, 0.6) is 5.88 Å². The molecular formula is C13H20N4O2. The molecule has 0 aliphatic rings. The maximum absolute atomic E-state index is 10.4. The van der Waals surface area contributed by atoms with Crippen LogP contribution in [0.2, 0.25) is 0 Å². The minimum atomic E-state index is -0.654. The molecule has 104 valence electrons. The first-order valence-corrected chi connectivity index (χ1v) is 6.19. The Kier molecular flexibility index (Phi) is 3.61. The zero-order chi connectivity index (χ0) is 14.2. The summed E-state index contributed by atoms with van der Waals surface area (Å²) in [6, 6.07) is 1.97. The van der Waals surface area contributed by atoms with Crippen molar-refractivity contribution in [3.8, 4) is 5.88 Å². The summed E-state index contributed by atoms with van der Waals surface area (Å²) in [5, 5.41) is 19.0. The SMILES string of the molecule is COc1c(C(O)Cc2cc(C)nn2C)c(C)nn1C. The zero-order valence-corrected chi connectivity index (χ0v) is 12.0. The first-order valence-electron chi connectivity index (χ1n) is 6.19. The van der Waals surface area contributed by atoms with E-state index in [1.165, 1.54) is 0 Å². The number of methoxy groups -OCH3 is 1. The van der Waals surface area contributed by atoms with E-state index in [0.717, 1.165) is 22.6 Å². The van der Waals surface area contributed by atoms with Crippen LogP contribution in [0, 0.1) is 13.8 Å². The molecule has 0 radical (unpaired) electrons. The minimum Gasteiger partial charge on any atom is -0.481 e. The largest absolute Gasteiger partial charge is 0.481 e. The van der Waals surface area contributed by atoms with Gasteiger partial charge in [-0.2, -0.15) is 10.2 Å². The maximum Gasteiger partial charge on any atom is 0.217 e. The summed E-state index contributed by atoms with van der Waals surface area (Å²) in [4.78, 5) is 0. The van der Waals surface area contributed by atoms with Crippen LogP contribution < -0.4 is 4.74 Å². The van der Waals surface area contributed by atoms with Gasteiger partial charge in [0, 0.05) is 26.2 Å². The van der Waals surface area contributed by atoms with E-state index in [4.69, 9.17) is 4.74 Å². The number of aliphatic hydroxyl groups excluding tert-OH is 1. The van der Waals surface area contributed by atoms with Crippen molar-refractivity contribution in [1.82, 2.24) is 19.6 Å². The van der Waals surface area contributed by atoms with Gasteiger partial charge in [-0.05, 0) is 19.9 Å². The van der Waals surface area contributed by atoms with Crippen LogP contribution in [-0.4, -0.2) is 31.8 Å². The Balaban J connectivity index is 2.30. The molecule has 0 aromatic carbocycles. The third-order valence-corrected chi connectivity index (χ3v) is 3.24. The lowest BCUT2D eigenvalue weighted by Gasteiger charge is -2.12. The number of ether oxygens (including phenoxy) is 1. The molecule has 0 fully saturated rings. The van der Waals surface area contributed by atoms with Gasteiger partial charge in [0.15, 0.2) is 0 Å². The summed E-state index contributed by atoms with van der Waals surface area (Å²) >= 11 is 0. The van der Waals surface area contributed by atoms with E-state index in [2.05, 4.69) is 10.2 Å². The van der Waals surface area contributed by atoms with Crippen molar-refractivity contribution in [2.75, 3.05) is 7.11 Å². The van der Waals surface area contributed by atoms with Crippen LogP contribution in [-0.2, 0) is 20.5 Å². The predicted molar refractivity (Wildman–Crippen MR) is 71.1 cm³/mol. The van der Waals surface area contributed by atoms with Crippen LogP contribution in [0.25, 0.3) is 0 Å². The number of aromatic nitrogens is 4. The molecule has 2 heterocycles. The highest BCUT2D eigenvalue weighted by Gasteiger charge is 2.22. The summed E-state index contributed by atoms with van der Waals surface area (Å²) in [7, 11) is 5.26. The Morgan fingerprint density at radius 3 is 2.47 bits per heavy atom. The number of nitrogens with zero attached hydrogens (tertiary/aromatic N) is 4. The molecular weight excluding hydrogens is 244 g/mol. The fourth-order valence-electron chi connectivity index (χ4n) is 2.43. The van der Waals surface area contributed by atoms with Gasteiger partial charge in [-0.25, -0.2) is 4.68 Å². The Morgan fingerprint density at radius 1 is 1.26 bits per heavy atom. The molecule has 2 aromatic heterocycles. The van der Waals surface area contributed by atoms with E-state index in [1.54, 1.807) is 23.5 Å². The first kappa shape index (κ1) is 13.6. The third-order valence-electron chi connectivity index (χ3n) is 3.24. The van der Waals surface area contributed by atoms with Gasteiger partial charge in [0.05, 0.1) is 30.2 Å². The standard InChI is InChI=1S/C13H20N4O2/c1-8-6-10(16(3)14-8)7-11(18)12-9(2)15-17(4)13(12)19-5/h6,11,18H,7H2,1-5H3. The molecule has 0 amide bonds. The Morgan fingerprint density at radius 2 is 1.95 bits per heavy atom. The summed E-state index contributed by atoms with van der Waals surface area (Å²) in [5.41, 5.74) is 3.45. The molecule has 2 aromatic rings. The normalized spacial score (nSPS) is 12.7. The molecule has 0 bridgehead atoms. The van der Waals surface area contributed by atoms with Gasteiger partial charge in [0.1, 0.15) is 0 Å². The molecule has 1 N–H and O–H groups in total. The van der Waals surface area contributed by atoms with Crippen molar-refractivity contribution in [3.05, 3.63) is 28.7 Å². The number of hydrogen-bond acceptors (Lipinski definition) is 4. The highest BCUT2D eigenvalue weighted by Crippen LogP contribution is 2.30. The summed E-state index contributed by atoms with van der Waals surface area (Å²) in [6.07, 6.45) is -0.168. The third kappa shape index (κ3) is 2.49. The lowest BCUT2D eigenvalue weighted by atomic mass is 10.1. The van der Waals surface area contributed by atoms with Crippen molar-refractivity contribution in [1.29, 1.82) is 0 Å². The minimum absolute atomic E-state index is 0.486. The Labute approximate surface area is 112 Å². The van der Waals surface area contributed by atoms with Crippen LogP contribution in [0.3, 0.4) is 0 Å². The van der Waals surface area contributed by atoms with E-state index in [0.29, 0.717) is 12.3 Å². The number of hydrogen-bond donors (Lipinski definition) is 1. The maximum atomic E-state index is 10.4. The predicted octanol–water partition coefficient (Wildman–Crippen LogP) is 1.06. The fraction of sp³-hybridized carbons (Fsp3) is 0.538. The van der Waals surface area contributed by atoms with Crippen molar-refractivity contribution in [2.45, 2.75) is 26.4 Å². The number of rotatable bonds is 4. The van der Waals surface area contributed by atoms with E-state index in [-0.39, 0.29) is 0 Å². The lowest BCUT2D eigenvalue weighted by Crippen LogP contribution is -2.08. The van der Waals surface area contributed by atoms with Crippen LogP contribution in [0.4, 0.5) is 0 Å². The molecule has 0 spiro atoms. The second-order valence-corrected chi connectivity index (χ2v) is 4.75. The molecule has 6 nitrogen and oxygen atoms in total.